The van der Waals surface area contributed by atoms with Crippen molar-refractivity contribution in [3.05, 3.63) is 35.6 Å². The fourth-order valence-electron chi connectivity index (χ4n) is 2.42. The average molecular weight is 338 g/mol. The fraction of sp³-hybridized carbons (Fsp3) is 0.400. The molecule has 2 aromatic rings. The molecule has 3 rings (SSSR count). The minimum absolute atomic E-state index is 0.0549. The predicted molar refractivity (Wildman–Crippen MR) is 80.4 cm³/mol. The van der Waals surface area contributed by atoms with Crippen LogP contribution in [0.4, 0.5) is 0 Å². The Hall–Kier alpha value is -1.33. The SMILES string of the molecule is Cc1ccc2oc(C(=O)N3CCOC(CBr)C3)cc2c1. The van der Waals surface area contributed by atoms with Crippen LogP contribution in [-0.4, -0.2) is 41.9 Å². The number of carbonyl (C=O) groups is 1. The van der Waals surface area contributed by atoms with Crippen molar-refractivity contribution in [3.63, 3.8) is 0 Å². The average Bonchev–Trinajstić information content (AvgIpc) is 2.89. The van der Waals surface area contributed by atoms with Gasteiger partial charge >= 0.3 is 0 Å². The first-order valence-electron chi connectivity index (χ1n) is 6.64. The number of morpholine rings is 1. The highest BCUT2D eigenvalue weighted by molar-refractivity contribution is 9.09. The molecule has 0 N–H and O–H groups in total. The molecule has 20 heavy (non-hydrogen) atoms. The van der Waals surface area contributed by atoms with E-state index in [-0.39, 0.29) is 12.0 Å². The van der Waals surface area contributed by atoms with Crippen LogP contribution in [0, 0.1) is 6.92 Å². The van der Waals surface area contributed by atoms with Crippen molar-refractivity contribution in [3.8, 4) is 0 Å². The van der Waals surface area contributed by atoms with Crippen molar-refractivity contribution >= 4 is 32.8 Å². The number of fused-ring (bicyclic) bond motifs is 1. The highest BCUT2D eigenvalue weighted by atomic mass is 79.9. The molecule has 5 heteroatoms. The monoisotopic (exact) mass is 337 g/mol. The molecule has 4 nitrogen and oxygen atoms in total. The Morgan fingerprint density at radius 3 is 3.10 bits per heavy atom. The van der Waals surface area contributed by atoms with Gasteiger partial charge in [-0.2, -0.15) is 0 Å². The van der Waals surface area contributed by atoms with Gasteiger partial charge in [-0.3, -0.25) is 4.79 Å². The van der Waals surface area contributed by atoms with Gasteiger partial charge in [0.1, 0.15) is 5.58 Å². The zero-order chi connectivity index (χ0) is 14.1. The molecule has 1 fully saturated rings. The van der Waals surface area contributed by atoms with Crippen LogP contribution in [0.5, 0.6) is 0 Å². The second-order valence-electron chi connectivity index (χ2n) is 5.05. The number of furan rings is 1. The van der Waals surface area contributed by atoms with E-state index < -0.39 is 0 Å². The summed E-state index contributed by atoms with van der Waals surface area (Å²) in [5, 5.41) is 1.70. The number of benzene rings is 1. The van der Waals surface area contributed by atoms with Gasteiger partial charge in [0.05, 0.1) is 12.7 Å². The first-order chi connectivity index (χ1) is 9.67. The van der Waals surface area contributed by atoms with Crippen LogP contribution in [0.25, 0.3) is 11.0 Å². The number of aryl methyl sites for hydroxylation is 1. The van der Waals surface area contributed by atoms with Crippen molar-refractivity contribution in [2.75, 3.05) is 25.0 Å². The predicted octanol–water partition coefficient (Wildman–Crippen LogP) is 2.98. The minimum atomic E-state index is -0.0619. The van der Waals surface area contributed by atoms with Crippen molar-refractivity contribution in [2.45, 2.75) is 13.0 Å². The summed E-state index contributed by atoms with van der Waals surface area (Å²) in [6, 6.07) is 7.73. The molecule has 0 radical (unpaired) electrons. The third kappa shape index (κ3) is 2.60. The molecule has 0 bridgehead atoms. The van der Waals surface area contributed by atoms with Crippen molar-refractivity contribution in [2.24, 2.45) is 0 Å². The Labute approximate surface area is 125 Å². The van der Waals surface area contributed by atoms with Gasteiger partial charge < -0.3 is 14.1 Å². The molecule has 2 heterocycles. The summed E-state index contributed by atoms with van der Waals surface area (Å²) in [6.45, 7) is 3.80. The van der Waals surface area contributed by atoms with E-state index >= 15 is 0 Å². The smallest absolute Gasteiger partial charge is 0.289 e. The molecule has 106 valence electrons. The van der Waals surface area contributed by atoms with Gasteiger partial charge in [0.25, 0.3) is 5.91 Å². The molecule has 1 atom stereocenters. The topological polar surface area (TPSA) is 42.7 Å². The molecular formula is C15H16BrNO3. The molecule has 1 aromatic carbocycles. The van der Waals surface area contributed by atoms with E-state index in [4.69, 9.17) is 9.15 Å². The number of rotatable bonds is 2. The van der Waals surface area contributed by atoms with E-state index in [1.807, 2.05) is 31.2 Å². The maximum absolute atomic E-state index is 12.5. The van der Waals surface area contributed by atoms with Gasteiger partial charge in [0, 0.05) is 23.8 Å². The van der Waals surface area contributed by atoms with Crippen LogP contribution in [0.2, 0.25) is 0 Å². The Morgan fingerprint density at radius 1 is 1.45 bits per heavy atom. The first-order valence-corrected chi connectivity index (χ1v) is 7.76. The highest BCUT2D eigenvalue weighted by Gasteiger charge is 2.26. The molecule has 0 aliphatic carbocycles. The largest absolute Gasteiger partial charge is 0.451 e. The summed E-state index contributed by atoms with van der Waals surface area (Å²) < 4.78 is 11.2. The van der Waals surface area contributed by atoms with Gasteiger partial charge in [-0.05, 0) is 25.1 Å². The highest BCUT2D eigenvalue weighted by Crippen LogP contribution is 2.22. The second kappa shape index (κ2) is 5.58. The molecule has 0 saturated carbocycles. The van der Waals surface area contributed by atoms with E-state index in [1.54, 1.807) is 4.90 Å². The van der Waals surface area contributed by atoms with E-state index in [0.717, 1.165) is 21.9 Å². The molecule has 1 aliphatic rings. The number of ether oxygens (including phenoxy) is 1. The molecule has 1 saturated heterocycles. The maximum atomic E-state index is 12.5. The number of carbonyl (C=O) groups excluding carboxylic acids is 1. The maximum Gasteiger partial charge on any atom is 0.289 e. The zero-order valence-electron chi connectivity index (χ0n) is 11.3. The summed E-state index contributed by atoms with van der Waals surface area (Å²) >= 11 is 3.39. The van der Waals surface area contributed by atoms with Gasteiger partial charge in [-0.15, -0.1) is 0 Å². The number of alkyl halides is 1. The van der Waals surface area contributed by atoms with Crippen LogP contribution in [0.1, 0.15) is 16.1 Å². The summed E-state index contributed by atoms with van der Waals surface area (Å²) in [7, 11) is 0. The van der Waals surface area contributed by atoms with Gasteiger partial charge in [-0.25, -0.2) is 0 Å². The van der Waals surface area contributed by atoms with E-state index in [9.17, 15) is 4.79 Å². The molecule has 1 unspecified atom stereocenters. The Balaban J connectivity index is 1.84. The lowest BCUT2D eigenvalue weighted by Crippen LogP contribution is -2.46. The van der Waals surface area contributed by atoms with E-state index in [1.165, 1.54) is 0 Å². The summed E-state index contributed by atoms with van der Waals surface area (Å²) in [5.74, 6) is 0.342. The van der Waals surface area contributed by atoms with E-state index in [0.29, 0.717) is 25.5 Å². The third-order valence-electron chi connectivity index (χ3n) is 3.48. The number of nitrogens with zero attached hydrogens (tertiary/aromatic N) is 1. The summed E-state index contributed by atoms with van der Waals surface area (Å²) in [4.78, 5) is 14.3. The van der Waals surface area contributed by atoms with E-state index in [2.05, 4.69) is 15.9 Å². The Kier molecular flexibility index (Phi) is 3.81. The van der Waals surface area contributed by atoms with Crippen molar-refractivity contribution in [1.29, 1.82) is 0 Å². The van der Waals surface area contributed by atoms with Crippen molar-refractivity contribution < 1.29 is 13.9 Å². The first kappa shape index (κ1) is 13.6. The summed E-state index contributed by atoms with van der Waals surface area (Å²) in [5.41, 5.74) is 1.91. The lowest BCUT2D eigenvalue weighted by molar-refractivity contribution is -0.0107. The second-order valence-corrected chi connectivity index (χ2v) is 5.70. The van der Waals surface area contributed by atoms with Gasteiger partial charge in [0.15, 0.2) is 5.76 Å². The standard InChI is InChI=1S/C15H16BrNO3/c1-10-2-3-13-11(6-10)7-14(20-13)15(18)17-4-5-19-12(8-16)9-17/h2-3,6-7,12H,4-5,8-9H2,1H3. The normalized spacial score (nSPS) is 19.5. The van der Waals surface area contributed by atoms with Gasteiger partial charge in [-0.1, -0.05) is 27.6 Å². The lowest BCUT2D eigenvalue weighted by Gasteiger charge is -2.31. The number of amides is 1. The number of hydrogen-bond acceptors (Lipinski definition) is 3. The number of hydrogen-bond donors (Lipinski definition) is 0. The third-order valence-corrected chi connectivity index (χ3v) is 4.20. The number of halogens is 1. The molecular weight excluding hydrogens is 322 g/mol. The van der Waals surface area contributed by atoms with Crippen LogP contribution in [-0.2, 0) is 4.74 Å². The minimum Gasteiger partial charge on any atom is -0.451 e. The van der Waals surface area contributed by atoms with Crippen LogP contribution in [0.3, 0.4) is 0 Å². The fourth-order valence-corrected chi connectivity index (χ4v) is 2.81. The van der Waals surface area contributed by atoms with Crippen LogP contribution < -0.4 is 0 Å². The lowest BCUT2D eigenvalue weighted by atomic mass is 10.2. The Morgan fingerprint density at radius 2 is 2.30 bits per heavy atom. The zero-order valence-corrected chi connectivity index (χ0v) is 12.9. The molecule has 1 amide bonds. The van der Waals surface area contributed by atoms with Crippen LogP contribution in [0.15, 0.2) is 28.7 Å². The Bertz CT molecular complexity index is 637. The van der Waals surface area contributed by atoms with Crippen molar-refractivity contribution in [1.82, 2.24) is 4.90 Å². The summed E-state index contributed by atoms with van der Waals surface area (Å²) in [6.07, 6.45) is 0.0549. The molecule has 1 aromatic heterocycles. The molecule has 0 spiro atoms. The van der Waals surface area contributed by atoms with Crippen LogP contribution >= 0.6 is 15.9 Å². The quantitative estimate of drug-likeness (QED) is 0.791. The molecule has 1 aliphatic heterocycles. The van der Waals surface area contributed by atoms with Gasteiger partial charge in [0.2, 0.25) is 0 Å².